The quantitative estimate of drug-likeness (QED) is 0.714. The lowest BCUT2D eigenvalue weighted by Gasteiger charge is -2.24. The van der Waals surface area contributed by atoms with Crippen molar-refractivity contribution in [3.63, 3.8) is 0 Å². The zero-order valence-corrected chi connectivity index (χ0v) is 12.5. The van der Waals surface area contributed by atoms with Crippen molar-refractivity contribution >= 4 is 24.3 Å². The number of nitrogens with two attached hydrogens (primary N) is 1. The fraction of sp³-hybridized carbons (Fsp3) is 0.833. The monoisotopic (exact) mass is 280 g/mol. The van der Waals surface area contributed by atoms with Gasteiger partial charge < -0.3 is 15.8 Å². The van der Waals surface area contributed by atoms with Crippen LogP contribution >= 0.6 is 12.4 Å². The number of ether oxygens (including phenoxy) is 1. The largest absolute Gasteiger partial charge is 0.467 e. The lowest BCUT2D eigenvalue weighted by Crippen LogP contribution is -2.52. The predicted molar refractivity (Wildman–Crippen MR) is 73.5 cm³/mol. The van der Waals surface area contributed by atoms with Gasteiger partial charge in [0.2, 0.25) is 5.91 Å². The van der Waals surface area contributed by atoms with E-state index in [1.54, 1.807) is 0 Å². The minimum absolute atomic E-state index is 0. The number of methoxy groups -OCH3 is 1. The zero-order chi connectivity index (χ0) is 13.6. The van der Waals surface area contributed by atoms with Gasteiger partial charge in [-0.25, -0.2) is 4.79 Å². The van der Waals surface area contributed by atoms with E-state index in [9.17, 15) is 9.59 Å². The van der Waals surface area contributed by atoms with Crippen LogP contribution in [0.4, 0.5) is 0 Å². The lowest BCUT2D eigenvalue weighted by molar-refractivity contribution is -0.146. The summed E-state index contributed by atoms with van der Waals surface area (Å²) in [5.41, 5.74) is 5.80. The molecular formula is C12H25ClN2O3. The third kappa shape index (κ3) is 5.69. The minimum Gasteiger partial charge on any atom is -0.467 e. The molecule has 0 heterocycles. The summed E-state index contributed by atoms with van der Waals surface area (Å²) in [5.74, 6) is -0.691. The number of esters is 1. The Morgan fingerprint density at radius 3 is 2.11 bits per heavy atom. The maximum atomic E-state index is 11.8. The molecule has 0 aliphatic heterocycles. The van der Waals surface area contributed by atoms with Gasteiger partial charge in [-0.1, -0.05) is 34.1 Å². The molecule has 0 bridgehead atoms. The Bertz CT molecular complexity index is 272. The molecule has 0 aromatic rings. The van der Waals surface area contributed by atoms with Gasteiger partial charge in [-0.3, -0.25) is 4.79 Å². The molecule has 0 fully saturated rings. The van der Waals surface area contributed by atoms with Crippen LogP contribution in [-0.4, -0.2) is 31.1 Å². The minimum atomic E-state index is -0.636. The van der Waals surface area contributed by atoms with Gasteiger partial charge >= 0.3 is 5.97 Å². The number of halogens is 1. The van der Waals surface area contributed by atoms with Crippen LogP contribution in [-0.2, 0) is 14.3 Å². The predicted octanol–water partition coefficient (Wildman–Crippen LogP) is 1.10. The first kappa shape index (κ1) is 19.5. The van der Waals surface area contributed by atoms with Crippen LogP contribution in [0, 0.1) is 11.8 Å². The Morgan fingerprint density at radius 1 is 1.28 bits per heavy atom. The van der Waals surface area contributed by atoms with Crippen molar-refractivity contribution in [3.05, 3.63) is 0 Å². The molecule has 0 radical (unpaired) electrons. The maximum absolute atomic E-state index is 11.8. The number of hydrogen-bond donors (Lipinski definition) is 2. The molecule has 108 valence electrons. The third-order valence-electron chi connectivity index (χ3n) is 2.98. The van der Waals surface area contributed by atoms with Crippen LogP contribution in [0.2, 0.25) is 0 Å². The molecule has 0 unspecified atom stereocenters. The molecule has 0 aliphatic carbocycles. The van der Waals surface area contributed by atoms with Crippen molar-refractivity contribution in [2.45, 2.75) is 46.2 Å². The van der Waals surface area contributed by atoms with E-state index in [-0.39, 0.29) is 30.2 Å². The Hall–Kier alpha value is -0.810. The molecule has 5 nitrogen and oxygen atoms in total. The molecule has 0 aliphatic rings. The number of hydrogen-bond acceptors (Lipinski definition) is 4. The fourth-order valence-electron chi connectivity index (χ4n) is 1.39. The highest BCUT2D eigenvalue weighted by molar-refractivity contribution is 5.87. The Labute approximate surface area is 115 Å². The highest BCUT2D eigenvalue weighted by Gasteiger charge is 2.28. The molecule has 6 heteroatoms. The molecule has 0 spiro atoms. The SMILES string of the molecule is CC[C@H](C)[C@H](N)C(=O)N[C@H](C(=O)OC)C(C)C.Cl. The van der Waals surface area contributed by atoms with Crippen LogP contribution in [0.3, 0.4) is 0 Å². The molecule has 0 saturated carbocycles. The van der Waals surface area contributed by atoms with Crippen LogP contribution in [0.25, 0.3) is 0 Å². The molecule has 1 amide bonds. The van der Waals surface area contributed by atoms with Crippen LogP contribution in [0.5, 0.6) is 0 Å². The Kier molecular flexibility index (Phi) is 9.94. The summed E-state index contributed by atoms with van der Waals surface area (Å²) in [7, 11) is 1.30. The van der Waals surface area contributed by atoms with Gasteiger partial charge in [0, 0.05) is 0 Å². The second-order valence-corrected chi connectivity index (χ2v) is 4.66. The molecular weight excluding hydrogens is 256 g/mol. The third-order valence-corrected chi connectivity index (χ3v) is 2.98. The summed E-state index contributed by atoms with van der Waals surface area (Å²) in [6.07, 6.45) is 0.819. The van der Waals surface area contributed by atoms with Gasteiger partial charge in [-0.05, 0) is 11.8 Å². The van der Waals surface area contributed by atoms with Gasteiger partial charge in [0.05, 0.1) is 13.2 Å². The van der Waals surface area contributed by atoms with E-state index in [4.69, 9.17) is 5.73 Å². The van der Waals surface area contributed by atoms with Crippen molar-refractivity contribution < 1.29 is 14.3 Å². The van der Waals surface area contributed by atoms with Crippen molar-refractivity contribution in [3.8, 4) is 0 Å². The number of rotatable bonds is 6. The highest BCUT2D eigenvalue weighted by atomic mass is 35.5. The molecule has 3 atom stereocenters. The van der Waals surface area contributed by atoms with Gasteiger partial charge in [0.15, 0.2) is 0 Å². The van der Waals surface area contributed by atoms with E-state index in [2.05, 4.69) is 10.1 Å². The summed E-state index contributed by atoms with van der Waals surface area (Å²) in [5, 5.41) is 2.64. The summed E-state index contributed by atoms with van der Waals surface area (Å²) in [4.78, 5) is 23.3. The molecule has 3 N–H and O–H groups in total. The number of amides is 1. The zero-order valence-electron chi connectivity index (χ0n) is 11.7. The summed E-state index contributed by atoms with van der Waals surface area (Å²) in [6.45, 7) is 7.57. The first-order valence-corrected chi connectivity index (χ1v) is 5.98. The second-order valence-electron chi connectivity index (χ2n) is 4.66. The molecule has 0 aromatic carbocycles. The summed E-state index contributed by atoms with van der Waals surface area (Å²) >= 11 is 0. The average molecular weight is 281 g/mol. The summed E-state index contributed by atoms with van der Waals surface area (Å²) < 4.78 is 4.65. The number of nitrogens with one attached hydrogen (secondary N) is 1. The van der Waals surface area contributed by atoms with Crippen LogP contribution in [0.15, 0.2) is 0 Å². The average Bonchev–Trinajstić information content (AvgIpc) is 2.32. The van der Waals surface area contributed by atoms with Gasteiger partial charge in [0.1, 0.15) is 6.04 Å². The van der Waals surface area contributed by atoms with E-state index in [1.807, 2.05) is 27.7 Å². The van der Waals surface area contributed by atoms with Crippen molar-refractivity contribution in [2.75, 3.05) is 7.11 Å². The standard InChI is InChI=1S/C12H24N2O3.ClH/c1-6-8(4)9(13)11(15)14-10(7(2)3)12(16)17-5;/h7-10H,6,13H2,1-5H3,(H,14,15);1H/t8-,9-,10-;/m0./s1. The summed E-state index contributed by atoms with van der Waals surface area (Å²) in [6, 6.07) is -1.23. The number of carbonyl (C=O) groups excluding carboxylic acids is 2. The van der Waals surface area contributed by atoms with Crippen molar-refractivity contribution in [2.24, 2.45) is 17.6 Å². The topological polar surface area (TPSA) is 81.4 Å². The second kappa shape index (κ2) is 9.16. The Morgan fingerprint density at radius 2 is 1.78 bits per heavy atom. The molecule has 0 saturated heterocycles. The van der Waals surface area contributed by atoms with E-state index in [0.717, 1.165) is 6.42 Å². The first-order valence-electron chi connectivity index (χ1n) is 5.98. The normalized spacial score (nSPS) is 15.3. The van der Waals surface area contributed by atoms with Crippen LogP contribution in [0.1, 0.15) is 34.1 Å². The molecule has 0 aromatic heterocycles. The lowest BCUT2D eigenvalue weighted by atomic mass is 9.98. The number of carbonyl (C=O) groups is 2. The van der Waals surface area contributed by atoms with Crippen molar-refractivity contribution in [1.29, 1.82) is 0 Å². The molecule has 18 heavy (non-hydrogen) atoms. The first-order chi connectivity index (χ1) is 7.84. The fourth-order valence-corrected chi connectivity index (χ4v) is 1.39. The van der Waals surface area contributed by atoms with E-state index < -0.39 is 18.1 Å². The van der Waals surface area contributed by atoms with Gasteiger partial charge in [-0.2, -0.15) is 0 Å². The molecule has 0 rings (SSSR count). The van der Waals surface area contributed by atoms with Crippen LogP contribution < -0.4 is 11.1 Å². The van der Waals surface area contributed by atoms with Gasteiger partial charge in [-0.15, -0.1) is 12.4 Å². The van der Waals surface area contributed by atoms with Gasteiger partial charge in [0.25, 0.3) is 0 Å². The van der Waals surface area contributed by atoms with Crippen molar-refractivity contribution in [1.82, 2.24) is 5.32 Å². The Balaban J connectivity index is 0. The van der Waals surface area contributed by atoms with E-state index in [1.165, 1.54) is 7.11 Å². The van der Waals surface area contributed by atoms with E-state index in [0.29, 0.717) is 0 Å². The highest BCUT2D eigenvalue weighted by Crippen LogP contribution is 2.08. The maximum Gasteiger partial charge on any atom is 0.328 e. The smallest absolute Gasteiger partial charge is 0.328 e. The van der Waals surface area contributed by atoms with E-state index >= 15 is 0 Å².